The highest BCUT2D eigenvalue weighted by Gasteiger charge is 2.35. The first-order valence-electron chi connectivity index (χ1n) is 7.47. The Morgan fingerprint density at radius 1 is 1.37 bits per heavy atom. The molecule has 0 saturated carbocycles. The van der Waals surface area contributed by atoms with Crippen LogP contribution in [0.15, 0.2) is 43.1 Å². The summed E-state index contributed by atoms with van der Waals surface area (Å²) >= 11 is 0. The number of methoxy groups -OCH3 is 1. The number of imidazole rings is 1. The summed E-state index contributed by atoms with van der Waals surface area (Å²) in [4.78, 5) is 15.8. The number of halogens is 3. The molecule has 138 valence electrons. The number of nitrogens with zero attached hydrogens (tertiary/aromatic N) is 4. The zero-order chi connectivity index (χ0) is 19.8. The Bertz CT molecular complexity index is 1050. The molecule has 2 aromatic heterocycles. The zero-order valence-corrected chi connectivity index (χ0v) is 13.9. The molecule has 0 saturated heterocycles. The van der Waals surface area contributed by atoms with Crippen LogP contribution in [-0.4, -0.2) is 27.2 Å². The van der Waals surface area contributed by atoms with E-state index in [0.29, 0.717) is 0 Å². The Balaban J connectivity index is 2.26. The molecule has 3 aromatic rings. The Labute approximate surface area is 151 Å². The van der Waals surface area contributed by atoms with Gasteiger partial charge in [0.25, 0.3) is 0 Å². The lowest BCUT2D eigenvalue weighted by atomic mass is 10.1. The van der Waals surface area contributed by atoms with Gasteiger partial charge in [-0.1, -0.05) is 0 Å². The molecule has 2 heterocycles. The summed E-state index contributed by atoms with van der Waals surface area (Å²) in [5.74, 6) is -0.874. The summed E-state index contributed by atoms with van der Waals surface area (Å²) in [6.45, 7) is 0. The lowest BCUT2D eigenvalue weighted by molar-refractivity contribution is -0.137. The number of carbonyl (C=O) groups excluding carboxylic acids is 1. The van der Waals surface area contributed by atoms with Gasteiger partial charge in [0.2, 0.25) is 0 Å². The zero-order valence-electron chi connectivity index (χ0n) is 13.9. The van der Waals surface area contributed by atoms with Gasteiger partial charge in [0, 0.05) is 24.3 Å². The number of nitrogen functional groups attached to an aromatic ring is 1. The van der Waals surface area contributed by atoms with Gasteiger partial charge in [0.15, 0.2) is 5.69 Å². The molecule has 2 N–H and O–H groups in total. The minimum absolute atomic E-state index is 0.000194. The Morgan fingerprint density at radius 3 is 2.67 bits per heavy atom. The van der Waals surface area contributed by atoms with Gasteiger partial charge < -0.3 is 19.6 Å². The highest BCUT2D eigenvalue weighted by atomic mass is 19.4. The molecule has 0 aliphatic heterocycles. The highest BCUT2D eigenvalue weighted by molar-refractivity contribution is 5.96. The first-order valence-corrected chi connectivity index (χ1v) is 7.47. The van der Waals surface area contributed by atoms with Crippen molar-refractivity contribution >= 4 is 11.7 Å². The fraction of sp³-hybridized carbons (Fsp3) is 0.118. The Hall–Kier alpha value is -3.74. The lowest BCUT2D eigenvalue weighted by Gasteiger charge is -2.16. The predicted octanol–water partition coefficient (Wildman–Crippen LogP) is 2.92. The van der Waals surface area contributed by atoms with Crippen LogP contribution in [0.3, 0.4) is 0 Å². The van der Waals surface area contributed by atoms with Crippen LogP contribution in [0.2, 0.25) is 0 Å². The van der Waals surface area contributed by atoms with Gasteiger partial charge >= 0.3 is 12.1 Å². The number of nitriles is 1. The van der Waals surface area contributed by atoms with Crippen LogP contribution in [-0.2, 0) is 10.9 Å². The van der Waals surface area contributed by atoms with Gasteiger partial charge in [-0.3, -0.25) is 0 Å². The Kier molecular flexibility index (Phi) is 4.37. The average Bonchev–Trinajstić information content (AvgIpc) is 3.27. The number of hydrogen-bond acceptors (Lipinski definition) is 5. The molecule has 0 unspecified atom stereocenters. The fourth-order valence-electron chi connectivity index (χ4n) is 2.65. The summed E-state index contributed by atoms with van der Waals surface area (Å²) in [5, 5.41) is 9.12. The third-order valence-electron chi connectivity index (χ3n) is 3.89. The first kappa shape index (κ1) is 18.1. The number of benzene rings is 1. The minimum atomic E-state index is -4.67. The molecule has 7 nitrogen and oxygen atoms in total. The van der Waals surface area contributed by atoms with E-state index in [2.05, 4.69) is 9.72 Å². The predicted molar refractivity (Wildman–Crippen MR) is 88.4 cm³/mol. The van der Waals surface area contributed by atoms with Crippen LogP contribution in [0.25, 0.3) is 11.4 Å². The smallest absolute Gasteiger partial charge is 0.418 e. The molecule has 0 amide bonds. The largest absolute Gasteiger partial charge is 0.464 e. The molecule has 0 radical (unpaired) electrons. The number of aromatic nitrogens is 3. The molecule has 0 spiro atoms. The van der Waals surface area contributed by atoms with E-state index >= 15 is 0 Å². The maximum Gasteiger partial charge on any atom is 0.418 e. The van der Waals surface area contributed by atoms with E-state index in [0.717, 1.165) is 17.7 Å². The van der Waals surface area contributed by atoms with Crippen molar-refractivity contribution in [1.82, 2.24) is 14.1 Å². The molecule has 0 fully saturated rings. The number of rotatable bonds is 3. The van der Waals surface area contributed by atoms with Gasteiger partial charge in [-0.2, -0.15) is 18.4 Å². The molecule has 0 atom stereocenters. The van der Waals surface area contributed by atoms with Crippen LogP contribution in [0.5, 0.6) is 0 Å². The van der Waals surface area contributed by atoms with Crippen molar-refractivity contribution in [1.29, 1.82) is 5.26 Å². The SMILES string of the molecule is COC(=O)c1c(N)c(C#N)cn1-c1ccc(-n2ccnc2)c(C(F)(F)F)c1. The van der Waals surface area contributed by atoms with E-state index in [1.54, 1.807) is 6.07 Å². The monoisotopic (exact) mass is 375 g/mol. The van der Waals surface area contributed by atoms with Crippen molar-refractivity contribution in [3.63, 3.8) is 0 Å². The first-order chi connectivity index (χ1) is 12.8. The highest BCUT2D eigenvalue weighted by Crippen LogP contribution is 2.36. The van der Waals surface area contributed by atoms with Gasteiger partial charge in [-0.05, 0) is 18.2 Å². The maximum absolute atomic E-state index is 13.6. The molecular weight excluding hydrogens is 363 g/mol. The van der Waals surface area contributed by atoms with E-state index in [-0.39, 0.29) is 28.3 Å². The molecule has 27 heavy (non-hydrogen) atoms. The quantitative estimate of drug-likeness (QED) is 0.710. The second-order valence-electron chi connectivity index (χ2n) is 5.45. The molecule has 1 aromatic carbocycles. The summed E-state index contributed by atoms with van der Waals surface area (Å²) in [5.41, 5.74) is 4.25. The average molecular weight is 375 g/mol. The summed E-state index contributed by atoms with van der Waals surface area (Å²) in [6, 6.07) is 5.27. The van der Waals surface area contributed by atoms with E-state index in [1.165, 1.54) is 41.6 Å². The minimum Gasteiger partial charge on any atom is -0.464 e. The molecule has 0 bridgehead atoms. The van der Waals surface area contributed by atoms with Crippen LogP contribution >= 0.6 is 0 Å². The van der Waals surface area contributed by atoms with Crippen molar-refractivity contribution in [3.05, 3.63) is 59.9 Å². The standard InChI is InChI=1S/C17H12F3N5O2/c1-27-16(26)15-14(22)10(7-21)8-25(15)11-2-3-13(24-5-4-23-9-24)12(6-11)17(18,19)20/h2-6,8-9H,22H2,1H3. The van der Waals surface area contributed by atoms with Crippen LogP contribution in [0.4, 0.5) is 18.9 Å². The van der Waals surface area contributed by atoms with Crippen LogP contribution < -0.4 is 5.73 Å². The number of ether oxygens (including phenoxy) is 1. The van der Waals surface area contributed by atoms with E-state index in [4.69, 9.17) is 11.0 Å². The van der Waals surface area contributed by atoms with Crippen molar-refractivity contribution in [2.45, 2.75) is 6.18 Å². The van der Waals surface area contributed by atoms with E-state index in [1.807, 2.05) is 0 Å². The van der Waals surface area contributed by atoms with Gasteiger partial charge in [-0.25, -0.2) is 9.78 Å². The molecule has 10 heteroatoms. The second-order valence-corrected chi connectivity index (χ2v) is 5.45. The molecule has 0 aliphatic carbocycles. The molecular formula is C17H12F3N5O2. The summed E-state index contributed by atoms with van der Waals surface area (Å²) in [6.07, 6.45) is 0.498. The second kappa shape index (κ2) is 6.53. The number of anilines is 1. The number of hydrogen-bond donors (Lipinski definition) is 1. The summed E-state index contributed by atoms with van der Waals surface area (Å²) < 4.78 is 47.8. The number of nitrogens with two attached hydrogens (primary N) is 1. The third kappa shape index (κ3) is 3.10. The topological polar surface area (TPSA) is 98.9 Å². The number of esters is 1. The number of alkyl halides is 3. The normalized spacial score (nSPS) is 11.2. The molecule has 0 aliphatic rings. The number of carbonyl (C=O) groups is 1. The third-order valence-corrected chi connectivity index (χ3v) is 3.89. The summed E-state index contributed by atoms with van der Waals surface area (Å²) in [7, 11) is 1.11. The van der Waals surface area contributed by atoms with Crippen LogP contribution in [0, 0.1) is 11.3 Å². The van der Waals surface area contributed by atoms with Crippen molar-refractivity contribution in [2.75, 3.05) is 12.8 Å². The van der Waals surface area contributed by atoms with Gasteiger partial charge in [-0.15, -0.1) is 0 Å². The van der Waals surface area contributed by atoms with Crippen molar-refractivity contribution < 1.29 is 22.7 Å². The van der Waals surface area contributed by atoms with E-state index in [9.17, 15) is 18.0 Å². The van der Waals surface area contributed by atoms with Crippen molar-refractivity contribution in [2.24, 2.45) is 0 Å². The Morgan fingerprint density at radius 2 is 2.11 bits per heavy atom. The van der Waals surface area contributed by atoms with Crippen LogP contribution in [0.1, 0.15) is 21.6 Å². The van der Waals surface area contributed by atoms with E-state index < -0.39 is 17.7 Å². The lowest BCUT2D eigenvalue weighted by Crippen LogP contribution is -2.14. The van der Waals surface area contributed by atoms with Crippen molar-refractivity contribution in [3.8, 4) is 17.4 Å². The van der Waals surface area contributed by atoms with Gasteiger partial charge in [0.1, 0.15) is 6.07 Å². The molecule has 3 rings (SSSR count). The fourth-order valence-corrected chi connectivity index (χ4v) is 2.65. The maximum atomic E-state index is 13.6. The van der Waals surface area contributed by atoms with Gasteiger partial charge in [0.05, 0.1) is 35.9 Å².